The molecule has 88 valence electrons. The Balaban J connectivity index is 2.11. The molecule has 1 N–H and O–H groups in total. The van der Waals surface area contributed by atoms with Crippen LogP contribution in [0.1, 0.15) is 24.1 Å². The molecule has 0 saturated carbocycles. The average molecular weight is 220 g/mol. The first-order valence-electron chi connectivity index (χ1n) is 5.91. The molecular weight excluding hydrogens is 200 g/mol. The van der Waals surface area contributed by atoms with Crippen LogP contribution in [0.3, 0.4) is 0 Å². The summed E-state index contributed by atoms with van der Waals surface area (Å²) in [5.74, 6) is 0. The first-order valence-corrected chi connectivity index (χ1v) is 5.91. The molecule has 2 rings (SSSR count). The van der Waals surface area contributed by atoms with Crippen LogP contribution >= 0.6 is 0 Å². The van der Waals surface area contributed by atoms with Crippen molar-refractivity contribution in [1.82, 2.24) is 10.3 Å². The smallest absolute Gasteiger partial charge is 0.0758 e. The molecule has 0 aromatic carbocycles. The first-order chi connectivity index (χ1) is 7.74. The van der Waals surface area contributed by atoms with Crippen LogP contribution in [0.25, 0.3) is 0 Å². The Labute approximate surface area is 97.2 Å². The van der Waals surface area contributed by atoms with E-state index in [-0.39, 0.29) is 5.60 Å². The Hall–Kier alpha value is -0.930. The van der Waals surface area contributed by atoms with E-state index < -0.39 is 0 Å². The third-order valence-corrected chi connectivity index (χ3v) is 3.42. The average Bonchev–Trinajstić information content (AvgIpc) is 2.30. The monoisotopic (exact) mass is 220 g/mol. The summed E-state index contributed by atoms with van der Waals surface area (Å²) in [5, 5.41) is 3.37. The highest BCUT2D eigenvalue weighted by atomic mass is 16.5. The molecule has 2 heterocycles. The van der Waals surface area contributed by atoms with E-state index in [2.05, 4.69) is 23.3 Å². The fraction of sp³-hybridized carbons (Fsp3) is 0.615. The number of nitrogens with one attached hydrogen (secondary N) is 1. The number of pyridine rings is 1. The lowest BCUT2D eigenvalue weighted by Gasteiger charge is -2.36. The van der Waals surface area contributed by atoms with E-state index in [1.807, 2.05) is 19.4 Å². The summed E-state index contributed by atoms with van der Waals surface area (Å²) in [6, 6.07) is 4.19. The summed E-state index contributed by atoms with van der Waals surface area (Å²) < 4.78 is 5.74. The van der Waals surface area contributed by atoms with Crippen LogP contribution in [0.2, 0.25) is 0 Å². The molecule has 3 nitrogen and oxygen atoms in total. The Bertz CT molecular complexity index is 346. The van der Waals surface area contributed by atoms with Crippen molar-refractivity contribution in [2.45, 2.75) is 31.8 Å². The van der Waals surface area contributed by atoms with Crippen LogP contribution < -0.4 is 5.32 Å². The van der Waals surface area contributed by atoms with Gasteiger partial charge in [0.2, 0.25) is 0 Å². The molecule has 1 aromatic rings. The molecule has 0 radical (unpaired) electrons. The van der Waals surface area contributed by atoms with E-state index >= 15 is 0 Å². The lowest BCUT2D eigenvalue weighted by Crippen LogP contribution is -2.45. The molecule has 1 saturated heterocycles. The molecule has 0 atom stereocenters. The van der Waals surface area contributed by atoms with Gasteiger partial charge in [0.05, 0.1) is 5.60 Å². The number of aryl methyl sites for hydroxylation is 1. The number of methoxy groups -OCH3 is 1. The standard InChI is InChI=1S/C13H20N2O/c1-11-3-6-15-12(9-11)10-13(16-2)4-7-14-8-5-13/h3,6,9,14H,4-5,7-8,10H2,1-2H3. The number of ether oxygens (including phenoxy) is 1. The minimum Gasteiger partial charge on any atom is -0.378 e. The van der Waals surface area contributed by atoms with Gasteiger partial charge in [0.15, 0.2) is 0 Å². The second-order valence-electron chi connectivity index (χ2n) is 4.64. The Kier molecular flexibility index (Phi) is 3.56. The highest BCUT2D eigenvalue weighted by Crippen LogP contribution is 2.26. The maximum Gasteiger partial charge on any atom is 0.0758 e. The van der Waals surface area contributed by atoms with Crippen molar-refractivity contribution in [2.75, 3.05) is 20.2 Å². The predicted molar refractivity (Wildman–Crippen MR) is 64.5 cm³/mol. The fourth-order valence-electron chi connectivity index (χ4n) is 2.36. The molecule has 16 heavy (non-hydrogen) atoms. The highest BCUT2D eigenvalue weighted by Gasteiger charge is 2.32. The van der Waals surface area contributed by atoms with E-state index in [0.717, 1.165) is 38.0 Å². The van der Waals surface area contributed by atoms with Crippen LogP contribution in [0.5, 0.6) is 0 Å². The zero-order valence-corrected chi connectivity index (χ0v) is 10.1. The quantitative estimate of drug-likeness (QED) is 0.842. The van der Waals surface area contributed by atoms with Crippen LogP contribution in [-0.4, -0.2) is 30.8 Å². The molecular formula is C13H20N2O. The minimum atomic E-state index is -0.00789. The van der Waals surface area contributed by atoms with E-state index in [1.54, 1.807) is 0 Å². The third-order valence-electron chi connectivity index (χ3n) is 3.42. The van der Waals surface area contributed by atoms with Crippen LogP contribution in [-0.2, 0) is 11.2 Å². The van der Waals surface area contributed by atoms with Gasteiger partial charge in [-0.3, -0.25) is 4.98 Å². The summed E-state index contributed by atoms with van der Waals surface area (Å²) >= 11 is 0. The first kappa shape index (κ1) is 11.6. The van der Waals surface area contributed by atoms with Gasteiger partial charge in [0.1, 0.15) is 0 Å². The van der Waals surface area contributed by atoms with Crippen molar-refractivity contribution < 1.29 is 4.74 Å². The summed E-state index contributed by atoms with van der Waals surface area (Å²) in [6.07, 6.45) is 4.94. The van der Waals surface area contributed by atoms with Crippen LogP contribution in [0.4, 0.5) is 0 Å². The SMILES string of the molecule is COC1(Cc2cc(C)ccn2)CCNCC1. The lowest BCUT2D eigenvalue weighted by atomic mass is 9.87. The van der Waals surface area contributed by atoms with Crippen molar-refractivity contribution in [1.29, 1.82) is 0 Å². The van der Waals surface area contributed by atoms with Crippen LogP contribution in [0, 0.1) is 6.92 Å². The Morgan fingerprint density at radius 1 is 1.44 bits per heavy atom. The number of rotatable bonds is 3. The van der Waals surface area contributed by atoms with E-state index in [1.165, 1.54) is 5.56 Å². The molecule has 0 amide bonds. The Morgan fingerprint density at radius 3 is 2.81 bits per heavy atom. The van der Waals surface area contributed by atoms with Gasteiger partial charge < -0.3 is 10.1 Å². The number of piperidine rings is 1. The van der Waals surface area contributed by atoms with Crippen molar-refractivity contribution in [3.8, 4) is 0 Å². The zero-order valence-electron chi connectivity index (χ0n) is 10.1. The largest absolute Gasteiger partial charge is 0.378 e. The van der Waals surface area contributed by atoms with E-state index in [9.17, 15) is 0 Å². The summed E-state index contributed by atoms with van der Waals surface area (Å²) in [7, 11) is 1.82. The van der Waals surface area contributed by atoms with Crippen molar-refractivity contribution >= 4 is 0 Å². The normalized spacial score (nSPS) is 19.6. The van der Waals surface area contributed by atoms with E-state index in [4.69, 9.17) is 4.74 Å². The van der Waals surface area contributed by atoms with Gasteiger partial charge in [-0.25, -0.2) is 0 Å². The summed E-state index contributed by atoms with van der Waals surface area (Å²) in [4.78, 5) is 4.43. The molecule has 0 bridgehead atoms. The minimum absolute atomic E-state index is 0.00789. The number of aromatic nitrogens is 1. The van der Waals surface area contributed by atoms with Gasteiger partial charge in [0, 0.05) is 25.4 Å². The maximum absolute atomic E-state index is 5.74. The van der Waals surface area contributed by atoms with Crippen molar-refractivity contribution in [3.63, 3.8) is 0 Å². The summed E-state index contributed by atoms with van der Waals surface area (Å²) in [5.41, 5.74) is 2.40. The fourth-order valence-corrected chi connectivity index (χ4v) is 2.36. The molecule has 0 unspecified atom stereocenters. The molecule has 1 aliphatic rings. The van der Waals surface area contributed by atoms with E-state index in [0.29, 0.717) is 0 Å². The van der Waals surface area contributed by atoms with Gasteiger partial charge in [0.25, 0.3) is 0 Å². The Morgan fingerprint density at radius 2 is 2.19 bits per heavy atom. The van der Waals surface area contributed by atoms with Gasteiger partial charge >= 0.3 is 0 Å². The summed E-state index contributed by atoms with van der Waals surface area (Å²) in [6.45, 7) is 4.19. The van der Waals surface area contributed by atoms with Crippen LogP contribution in [0.15, 0.2) is 18.3 Å². The molecule has 0 aliphatic carbocycles. The second-order valence-corrected chi connectivity index (χ2v) is 4.64. The lowest BCUT2D eigenvalue weighted by molar-refractivity contribution is -0.0340. The van der Waals surface area contributed by atoms with Crippen molar-refractivity contribution in [2.24, 2.45) is 0 Å². The number of hydrogen-bond donors (Lipinski definition) is 1. The zero-order chi connectivity index (χ0) is 11.4. The van der Waals surface area contributed by atoms with Gasteiger partial charge in [-0.05, 0) is 50.6 Å². The maximum atomic E-state index is 5.74. The molecule has 1 aliphatic heterocycles. The number of nitrogens with zero attached hydrogens (tertiary/aromatic N) is 1. The van der Waals surface area contributed by atoms with Gasteiger partial charge in [-0.1, -0.05) is 0 Å². The highest BCUT2D eigenvalue weighted by molar-refractivity contribution is 5.16. The van der Waals surface area contributed by atoms with Gasteiger partial charge in [-0.15, -0.1) is 0 Å². The molecule has 3 heteroatoms. The third kappa shape index (κ3) is 2.60. The van der Waals surface area contributed by atoms with Crippen molar-refractivity contribution in [3.05, 3.63) is 29.6 Å². The number of hydrogen-bond acceptors (Lipinski definition) is 3. The second kappa shape index (κ2) is 4.93. The molecule has 1 aromatic heterocycles. The predicted octanol–water partition coefficient (Wildman–Crippen LogP) is 1.70. The molecule has 0 spiro atoms. The van der Waals surface area contributed by atoms with Gasteiger partial charge in [-0.2, -0.15) is 0 Å². The topological polar surface area (TPSA) is 34.1 Å². The molecule has 1 fully saturated rings.